The maximum absolute atomic E-state index is 12.7. The van der Waals surface area contributed by atoms with Gasteiger partial charge in [-0.1, -0.05) is 49.4 Å². The maximum atomic E-state index is 12.7. The number of ether oxygens (including phenoxy) is 1. The van der Waals surface area contributed by atoms with Gasteiger partial charge in [0.2, 0.25) is 11.8 Å². The molecule has 0 bridgehead atoms. The number of hydrogen-bond donors (Lipinski definition) is 1. The van der Waals surface area contributed by atoms with Gasteiger partial charge < -0.3 is 15.0 Å². The van der Waals surface area contributed by atoms with Crippen molar-refractivity contribution in [3.05, 3.63) is 66.2 Å². The molecule has 0 spiro atoms. The minimum absolute atomic E-state index is 0.00831. The Hall–Kier alpha value is -3.08. The number of benzene rings is 2. The Kier molecular flexibility index (Phi) is 7.45. The van der Waals surface area contributed by atoms with Crippen LogP contribution in [0.5, 0.6) is 5.75 Å². The largest absolute Gasteiger partial charge is 0.491 e. The summed E-state index contributed by atoms with van der Waals surface area (Å²) in [6.07, 6.45) is 5.67. The Balaban J connectivity index is 1.51. The van der Waals surface area contributed by atoms with E-state index in [0.29, 0.717) is 44.0 Å². The molecule has 1 fully saturated rings. The predicted molar refractivity (Wildman–Crippen MR) is 116 cm³/mol. The van der Waals surface area contributed by atoms with E-state index in [0.717, 1.165) is 12.0 Å². The zero-order valence-corrected chi connectivity index (χ0v) is 16.8. The van der Waals surface area contributed by atoms with Crippen LogP contribution in [0.2, 0.25) is 0 Å². The number of nitrogens with one attached hydrogen (secondary N) is 1. The molecule has 152 valence electrons. The van der Waals surface area contributed by atoms with Crippen LogP contribution in [0.15, 0.2) is 60.7 Å². The van der Waals surface area contributed by atoms with Gasteiger partial charge in [-0.25, -0.2) is 0 Å². The van der Waals surface area contributed by atoms with E-state index < -0.39 is 0 Å². The second-order valence-corrected chi connectivity index (χ2v) is 7.18. The number of piperidine rings is 1. The lowest BCUT2D eigenvalue weighted by molar-refractivity contribution is -0.130. The first-order valence-electron chi connectivity index (χ1n) is 10.2. The van der Waals surface area contributed by atoms with E-state index in [-0.39, 0.29) is 17.7 Å². The summed E-state index contributed by atoms with van der Waals surface area (Å²) in [5, 5.41) is 3.00. The molecule has 2 amide bonds. The average Bonchev–Trinajstić information content (AvgIpc) is 2.77. The summed E-state index contributed by atoms with van der Waals surface area (Å²) in [5.74, 6) is 0.577. The first-order chi connectivity index (χ1) is 14.2. The summed E-state index contributed by atoms with van der Waals surface area (Å²) < 4.78 is 5.71. The Bertz CT molecular complexity index is 840. The van der Waals surface area contributed by atoms with Gasteiger partial charge in [-0.15, -0.1) is 0 Å². The average molecular weight is 392 g/mol. The standard InChI is InChI=1S/C24H28N2O3/c1-2-18-29-22-11-7-6-10-21(22)25-24(28)20-14-16-26(17-15-20)23(27)13-12-19-8-4-3-5-9-19/h3-13,20H,2,14-18H2,1H3,(H,25,28)/b13-12+. The van der Waals surface area contributed by atoms with E-state index in [2.05, 4.69) is 5.32 Å². The van der Waals surface area contributed by atoms with Crippen molar-refractivity contribution >= 4 is 23.6 Å². The van der Waals surface area contributed by atoms with Crippen LogP contribution in [0, 0.1) is 5.92 Å². The zero-order valence-electron chi connectivity index (χ0n) is 16.8. The van der Waals surface area contributed by atoms with E-state index in [9.17, 15) is 9.59 Å². The second-order valence-electron chi connectivity index (χ2n) is 7.18. The Morgan fingerprint density at radius 1 is 1.07 bits per heavy atom. The van der Waals surface area contributed by atoms with Crippen LogP contribution in [0.1, 0.15) is 31.7 Å². The molecule has 5 heteroatoms. The normalized spacial score (nSPS) is 14.7. The molecule has 29 heavy (non-hydrogen) atoms. The molecule has 2 aromatic carbocycles. The molecule has 0 atom stereocenters. The number of rotatable bonds is 7. The van der Waals surface area contributed by atoms with Crippen LogP contribution in [0.4, 0.5) is 5.69 Å². The van der Waals surface area contributed by atoms with E-state index in [1.807, 2.05) is 72.5 Å². The predicted octanol–water partition coefficient (Wildman–Crippen LogP) is 4.37. The number of nitrogens with zero attached hydrogens (tertiary/aromatic N) is 1. The number of hydrogen-bond acceptors (Lipinski definition) is 3. The highest BCUT2D eigenvalue weighted by molar-refractivity contribution is 5.95. The number of carbonyl (C=O) groups excluding carboxylic acids is 2. The minimum atomic E-state index is -0.101. The number of carbonyl (C=O) groups is 2. The first kappa shape index (κ1) is 20.6. The van der Waals surface area contributed by atoms with Crippen molar-refractivity contribution in [3.63, 3.8) is 0 Å². The third-order valence-electron chi connectivity index (χ3n) is 5.00. The maximum Gasteiger partial charge on any atom is 0.246 e. The fraction of sp³-hybridized carbons (Fsp3) is 0.333. The molecule has 1 aliphatic rings. The number of para-hydroxylation sites is 2. The van der Waals surface area contributed by atoms with Gasteiger partial charge in [0.1, 0.15) is 5.75 Å². The molecule has 5 nitrogen and oxygen atoms in total. The third kappa shape index (κ3) is 5.95. The van der Waals surface area contributed by atoms with Crippen molar-refractivity contribution < 1.29 is 14.3 Å². The minimum Gasteiger partial charge on any atom is -0.491 e. The van der Waals surface area contributed by atoms with Crippen molar-refractivity contribution in [1.82, 2.24) is 4.90 Å². The summed E-state index contributed by atoms with van der Waals surface area (Å²) in [6.45, 7) is 3.84. The Morgan fingerprint density at radius 2 is 1.76 bits per heavy atom. The molecular weight excluding hydrogens is 364 g/mol. The molecule has 1 saturated heterocycles. The highest BCUT2D eigenvalue weighted by Crippen LogP contribution is 2.26. The molecule has 1 aliphatic heterocycles. The quantitative estimate of drug-likeness (QED) is 0.712. The SMILES string of the molecule is CCCOc1ccccc1NC(=O)C1CCN(C(=O)/C=C/c2ccccc2)CC1. The second kappa shape index (κ2) is 10.5. The number of likely N-dealkylation sites (tertiary alicyclic amines) is 1. The van der Waals surface area contributed by atoms with Gasteiger partial charge in [0, 0.05) is 25.1 Å². The molecule has 0 radical (unpaired) electrons. The molecule has 1 heterocycles. The van der Waals surface area contributed by atoms with Gasteiger partial charge in [-0.2, -0.15) is 0 Å². The van der Waals surface area contributed by atoms with Crippen LogP contribution in [0.25, 0.3) is 6.08 Å². The van der Waals surface area contributed by atoms with Crippen LogP contribution in [-0.4, -0.2) is 36.4 Å². The summed E-state index contributed by atoms with van der Waals surface area (Å²) >= 11 is 0. The van der Waals surface area contributed by atoms with Crippen LogP contribution in [-0.2, 0) is 9.59 Å². The van der Waals surface area contributed by atoms with Gasteiger partial charge in [-0.05, 0) is 43.0 Å². The summed E-state index contributed by atoms with van der Waals surface area (Å²) in [7, 11) is 0. The van der Waals surface area contributed by atoms with Crippen LogP contribution >= 0.6 is 0 Å². The van der Waals surface area contributed by atoms with Crippen LogP contribution < -0.4 is 10.1 Å². The van der Waals surface area contributed by atoms with Crippen LogP contribution in [0.3, 0.4) is 0 Å². The number of anilines is 1. The van der Waals surface area contributed by atoms with E-state index in [1.165, 1.54) is 0 Å². The van der Waals surface area contributed by atoms with E-state index in [4.69, 9.17) is 4.74 Å². The monoisotopic (exact) mass is 392 g/mol. The lowest BCUT2D eigenvalue weighted by atomic mass is 9.95. The molecule has 0 unspecified atom stereocenters. The highest BCUT2D eigenvalue weighted by Gasteiger charge is 2.27. The third-order valence-corrected chi connectivity index (χ3v) is 5.00. The fourth-order valence-corrected chi connectivity index (χ4v) is 3.34. The van der Waals surface area contributed by atoms with Gasteiger partial charge in [0.05, 0.1) is 12.3 Å². The van der Waals surface area contributed by atoms with Crippen molar-refractivity contribution in [1.29, 1.82) is 0 Å². The number of amides is 2. The zero-order chi connectivity index (χ0) is 20.5. The Labute approximate surface area is 172 Å². The molecule has 0 aromatic heterocycles. The lowest BCUT2D eigenvalue weighted by Gasteiger charge is -2.30. The van der Waals surface area contributed by atoms with Crippen molar-refractivity contribution in [3.8, 4) is 5.75 Å². The van der Waals surface area contributed by atoms with Crippen molar-refractivity contribution in [2.45, 2.75) is 26.2 Å². The smallest absolute Gasteiger partial charge is 0.246 e. The van der Waals surface area contributed by atoms with E-state index in [1.54, 1.807) is 6.08 Å². The first-order valence-corrected chi connectivity index (χ1v) is 10.2. The molecule has 2 aromatic rings. The van der Waals surface area contributed by atoms with Crippen molar-refractivity contribution in [2.24, 2.45) is 5.92 Å². The highest BCUT2D eigenvalue weighted by atomic mass is 16.5. The summed E-state index contributed by atoms with van der Waals surface area (Å²) in [5.41, 5.74) is 1.70. The fourth-order valence-electron chi connectivity index (χ4n) is 3.34. The van der Waals surface area contributed by atoms with Gasteiger partial charge in [0.25, 0.3) is 0 Å². The molecule has 1 N–H and O–H groups in total. The van der Waals surface area contributed by atoms with Gasteiger partial charge in [0.15, 0.2) is 0 Å². The molecule has 3 rings (SSSR count). The van der Waals surface area contributed by atoms with Gasteiger partial charge in [-0.3, -0.25) is 9.59 Å². The topological polar surface area (TPSA) is 58.6 Å². The van der Waals surface area contributed by atoms with E-state index >= 15 is 0 Å². The van der Waals surface area contributed by atoms with Gasteiger partial charge >= 0.3 is 0 Å². The lowest BCUT2D eigenvalue weighted by Crippen LogP contribution is -2.40. The molecule has 0 aliphatic carbocycles. The molecule has 0 saturated carbocycles. The van der Waals surface area contributed by atoms with Crippen molar-refractivity contribution in [2.75, 3.05) is 25.0 Å². The summed E-state index contributed by atoms with van der Waals surface area (Å²) in [4.78, 5) is 26.9. The molecular formula is C24H28N2O3. The summed E-state index contributed by atoms with van der Waals surface area (Å²) in [6, 6.07) is 17.3. The Morgan fingerprint density at radius 3 is 2.48 bits per heavy atom.